The van der Waals surface area contributed by atoms with Gasteiger partial charge >= 0.3 is 11.8 Å². The van der Waals surface area contributed by atoms with Crippen molar-refractivity contribution in [3.05, 3.63) is 65.2 Å². The van der Waals surface area contributed by atoms with Gasteiger partial charge in [-0.05, 0) is 37.1 Å². The second-order valence-corrected chi connectivity index (χ2v) is 5.14. The quantitative estimate of drug-likeness (QED) is 0.849. The lowest BCUT2D eigenvalue weighted by atomic mass is 10.1. The molecule has 0 aromatic heterocycles. The van der Waals surface area contributed by atoms with Crippen LogP contribution in [0.4, 0.5) is 5.69 Å². The summed E-state index contributed by atoms with van der Waals surface area (Å²) in [6.45, 7) is 2.39. The first-order chi connectivity index (χ1) is 11.1. The molecule has 0 aliphatic rings. The van der Waals surface area contributed by atoms with E-state index in [0.29, 0.717) is 24.2 Å². The molecular weight excluding hydrogens is 290 g/mol. The van der Waals surface area contributed by atoms with Crippen LogP contribution in [0.15, 0.2) is 48.5 Å². The maximum absolute atomic E-state index is 11.8. The lowest BCUT2D eigenvalue weighted by molar-refractivity contribution is -0.136. The Bertz CT molecular complexity index is 763. The molecule has 0 aliphatic carbocycles. The highest BCUT2D eigenvalue weighted by Crippen LogP contribution is 2.09. The summed E-state index contributed by atoms with van der Waals surface area (Å²) in [5, 5.41) is 13.9. The van der Waals surface area contributed by atoms with Crippen molar-refractivity contribution in [1.82, 2.24) is 5.32 Å². The molecule has 2 aromatic rings. The summed E-state index contributed by atoms with van der Waals surface area (Å²) in [5.41, 5.74) is 3.10. The van der Waals surface area contributed by atoms with Crippen LogP contribution in [0.3, 0.4) is 0 Å². The van der Waals surface area contributed by atoms with Crippen molar-refractivity contribution < 1.29 is 9.59 Å². The summed E-state index contributed by atoms with van der Waals surface area (Å²) in [6, 6.07) is 16.4. The van der Waals surface area contributed by atoms with Gasteiger partial charge in [0.1, 0.15) is 0 Å². The molecule has 0 aliphatic heterocycles. The highest BCUT2D eigenvalue weighted by molar-refractivity contribution is 6.39. The van der Waals surface area contributed by atoms with E-state index in [1.807, 2.05) is 37.3 Å². The van der Waals surface area contributed by atoms with E-state index in [1.54, 1.807) is 18.2 Å². The van der Waals surface area contributed by atoms with Crippen LogP contribution < -0.4 is 10.6 Å². The fraction of sp³-hybridized carbons (Fsp3) is 0.167. The Hall–Kier alpha value is -3.13. The summed E-state index contributed by atoms with van der Waals surface area (Å²) in [6.07, 6.45) is 0.657. The molecule has 2 amide bonds. The van der Waals surface area contributed by atoms with Crippen molar-refractivity contribution in [1.29, 1.82) is 5.26 Å². The smallest absolute Gasteiger partial charge is 0.313 e. The number of nitrogens with one attached hydrogen (secondary N) is 2. The topological polar surface area (TPSA) is 82.0 Å². The third-order valence-electron chi connectivity index (χ3n) is 3.24. The second-order valence-electron chi connectivity index (χ2n) is 5.14. The van der Waals surface area contributed by atoms with E-state index in [0.717, 1.165) is 11.1 Å². The number of aryl methyl sites for hydroxylation is 1. The number of rotatable bonds is 4. The molecule has 5 nitrogen and oxygen atoms in total. The van der Waals surface area contributed by atoms with Gasteiger partial charge in [-0.1, -0.05) is 35.9 Å². The van der Waals surface area contributed by atoms with E-state index < -0.39 is 11.8 Å². The predicted molar refractivity (Wildman–Crippen MR) is 87.7 cm³/mol. The third kappa shape index (κ3) is 4.97. The molecule has 0 radical (unpaired) electrons. The van der Waals surface area contributed by atoms with Crippen molar-refractivity contribution in [3.8, 4) is 6.07 Å². The molecule has 0 saturated carbocycles. The van der Waals surface area contributed by atoms with Crippen LogP contribution in [0, 0.1) is 18.3 Å². The molecule has 0 saturated heterocycles. The Morgan fingerprint density at radius 2 is 1.87 bits per heavy atom. The molecule has 0 unspecified atom stereocenters. The first-order valence-electron chi connectivity index (χ1n) is 7.23. The zero-order chi connectivity index (χ0) is 16.7. The zero-order valence-corrected chi connectivity index (χ0v) is 12.8. The molecule has 5 heteroatoms. The summed E-state index contributed by atoms with van der Waals surface area (Å²) in [4.78, 5) is 23.6. The largest absolute Gasteiger partial charge is 0.347 e. The summed E-state index contributed by atoms with van der Waals surface area (Å²) >= 11 is 0. The standard InChI is InChI=1S/C18H17N3O2/c1-13-4-2-5-14(10-13)8-9-20-17(22)18(23)21-16-7-3-6-15(11-16)12-19/h2-7,10-11H,8-9H2,1H3,(H,20,22)(H,21,23). The highest BCUT2D eigenvalue weighted by Gasteiger charge is 2.13. The molecular formula is C18H17N3O2. The number of nitrogens with zero attached hydrogens (tertiary/aromatic N) is 1. The van der Waals surface area contributed by atoms with Gasteiger partial charge in [-0.2, -0.15) is 5.26 Å². The maximum atomic E-state index is 11.8. The predicted octanol–water partition coefficient (Wildman–Crippen LogP) is 2.16. The number of nitriles is 1. The fourth-order valence-electron chi connectivity index (χ4n) is 2.12. The Morgan fingerprint density at radius 3 is 2.61 bits per heavy atom. The number of carbonyl (C=O) groups excluding carboxylic acids is 2. The minimum atomic E-state index is -0.746. The van der Waals surface area contributed by atoms with Gasteiger partial charge in [0.15, 0.2) is 0 Å². The molecule has 116 valence electrons. The molecule has 2 rings (SSSR count). The molecule has 0 spiro atoms. The first kappa shape index (κ1) is 16.2. The average molecular weight is 307 g/mol. The Labute approximate surface area is 134 Å². The van der Waals surface area contributed by atoms with E-state index in [9.17, 15) is 9.59 Å². The van der Waals surface area contributed by atoms with Crippen molar-refractivity contribution in [2.75, 3.05) is 11.9 Å². The zero-order valence-electron chi connectivity index (χ0n) is 12.8. The summed E-state index contributed by atoms with van der Waals surface area (Å²) in [5.74, 6) is -1.44. The number of hydrogen-bond donors (Lipinski definition) is 2. The minimum absolute atomic E-state index is 0.383. The highest BCUT2D eigenvalue weighted by atomic mass is 16.2. The number of benzene rings is 2. The average Bonchev–Trinajstić information content (AvgIpc) is 2.55. The maximum Gasteiger partial charge on any atom is 0.313 e. The van der Waals surface area contributed by atoms with Crippen LogP contribution in [-0.2, 0) is 16.0 Å². The lowest BCUT2D eigenvalue weighted by Crippen LogP contribution is -2.36. The van der Waals surface area contributed by atoms with Gasteiger partial charge in [0.25, 0.3) is 0 Å². The molecule has 0 bridgehead atoms. The molecule has 2 N–H and O–H groups in total. The Morgan fingerprint density at radius 1 is 1.09 bits per heavy atom. The van der Waals surface area contributed by atoms with Crippen molar-refractivity contribution >= 4 is 17.5 Å². The van der Waals surface area contributed by atoms with E-state index >= 15 is 0 Å². The van der Waals surface area contributed by atoms with Crippen LogP contribution in [-0.4, -0.2) is 18.4 Å². The monoisotopic (exact) mass is 307 g/mol. The van der Waals surface area contributed by atoms with Crippen LogP contribution in [0.5, 0.6) is 0 Å². The van der Waals surface area contributed by atoms with Crippen molar-refractivity contribution in [2.45, 2.75) is 13.3 Å². The normalized spacial score (nSPS) is 9.74. The van der Waals surface area contributed by atoms with Gasteiger partial charge in [-0.25, -0.2) is 0 Å². The van der Waals surface area contributed by atoms with Crippen LogP contribution in [0.1, 0.15) is 16.7 Å². The number of carbonyl (C=O) groups is 2. The van der Waals surface area contributed by atoms with Crippen molar-refractivity contribution in [3.63, 3.8) is 0 Å². The van der Waals surface area contributed by atoms with E-state index in [2.05, 4.69) is 10.6 Å². The number of anilines is 1. The van der Waals surface area contributed by atoms with Gasteiger partial charge in [0, 0.05) is 12.2 Å². The van der Waals surface area contributed by atoms with Crippen LogP contribution in [0.2, 0.25) is 0 Å². The van der Waals surface area contributed by atoms with Gasteiger partial charge in [0.2, 0.25) is 0 Å². The number of amides is 2. The third-order valence-corrected chi connectivity index (χ3v) is 3.24. The molecule has 0 atom stereocenters. The SMILES string of the molecule is Cc1cccc(CCNC(=O)C(=O)Nc2cccc(C#N)c2)c1. The number of hydrogen-bond acceptors (Lipinski definition) is 3. The summed E-state index contributed by atoms with van der Waals surface area (Å²) < 4.78 is 0. The van der Waals surface area contributed by atoms with Gasteiger partial charge in [-0.15, -0.1) is 0 Å². The Balaban J connectivity index is 1.83. The minimum Gasteiger partial charge on any atom is -0.347 e. The van der Waals surface area contributed by atoms with Gasteiger partial charge in [0.05, 0.1) is 11.6 Å². The Kier molecular flexibility index (Phi) is 5.48. The van der Waals surface area contributed by atoms with Gasteiger partial charge in [-0.3, -0.25) is 9.59 Å². The lowest BCUT2D eigenvalue weighted by Gasteiger charge is -2.07. The molecule has 0 heterocycles. The van der Waals surface area contributed by atoms with E-state index in [4.69, 9.17) is 5.26 Å². The molecule has 23 heavy (non-hydrogen) atoms. The second kappa shape index (κ2) is 7.76. The van der Waals surface area contributed by atoms with Gasteiger partial charge < -0.3 is 10.6 Å². The molecule has 2 aromatic carbocycles. The van der Waals surface area contributed by atoms with E-state index in [1.165, 1.54) is 6.07 Å². The van der Waals surface area contributed by atoms with E-state index in [-0.39, 0.29) is 0 Å². The molecule has 0 fully saturated rings. The first-order valence-corrected chi connectivity index (χ1v) is 7.23. The van der Waals surface area contributed by atoms with Crippen molar-refractivity contribution in [2.24, 2.45) is 0 Å². The summed E-state index contributed by atoms with van der Waals surface area (Å²) in [7, 11) is 0. The van der Waals surface area contributed by atoms with Crippen LogP contribution in [0.25, 0.3) is 0 Å². The fourth-order valence-corrected chi connectivity index (χ4v) is 2.12. The van der Waals surface area contributed by atoms with Crippen LogP contribution >= 0.6 is 0 Å².